The van der Waals surface area contributed by atoms with Crippen LogP contribution in [0, 0.1) is 0 Å². The van der Waals surface area contributed by atoms with Gasteiger partial charge < -0.3 is 14.8 Å². The highest BCUT2D eigenvalue weighted by Crippen LogP contribution is 2.22. The molecule has 1 aromatic rings. The standard InChI is InChI=1S/C10H16BrN3O2/c1-7(2)12-4-5-16-10-13-6-8(11)9(14-10)15-3/h6-7,12H,4-5H2,1-3H3. The first kappa shape index (κ1) is 13.2. The number of hydrogen-bond acceptors (Lipinski definition) is 5. The molecule has 5 nitrogen and oxygen atoms in total. The van der Waals surface area contributed by atoms with Crippen LogP contribution in [0.25, 0.3) is 0 Å². The number of aromatic nitrogens is 2. The third-order valence-corrected chi connectivity index (χ3v) is 2.31. The van der Waals surface area contributed by atoms with Gasteiger partial charge in [0.25, 0.3) is 0 Å². The molecule has 0 saturated carbocycles. The molecule has 0 saturated heterocycles. The molecule has 16 heavy (non-hydrogen) atoms. The number of hydrogen-bond donors (Lipinski definition) is 1. The second kappa shape index (κ2) is 6.65. The topological polar surface area (TPSA) is 56.3 Å². The van der Waals surface area contributed by atoms with E-state index >= 15 is 0 Å². The molecule has 1 aromatic heterocycles. The van der Waals surface area contributed by atoms with Crippen molar-refractivity contribution in [2.75, 3.05) is 20.3 Å². The van der Waals surface area contributed by atoms with Crippen LogP contribution in [0.5, 0.6) is 11.9 Å². The molecule has 0 aliphatic rings. The highest BCUT2D eigenvalue weighted by molar-refractivity contribution is 9.10. The van der Waals surface area contributed by atoms with Gasteiger partial charge >= 0.3 is 6.01 Å². The fraction of sp³-hybridized carbons (Fsp3) is 0.600. The predicted molar refractivity (Wildman–Crippen MR) is 64.9 cm³/mol. The van der Waals surface area contributed by atoms with Crippen molar-refractivity contribution in [3.63, 3.8) is 0 Å². The Morgan fingerprint density at radius 3 is 2.88 bits per heavy atom. The first-order chi connectivity index (χ1) is 7.63. The van der Waals surface area contributed by atoms with Crippen LogP contribution in [0.3, 0.4) is 0 Å². The lowest BCUT2D eigenvalue weighted by atomic mass is 10.4. The Morgan fingerprint density at radius 2 is 2.25 bits per heavy atom. The van der Waals surface area contributed by atoms with Gasteiger partial charge in [0.2, 0.25) is 5.88 Å². The van der Waals surface area contributed by atoms with Gasteiger partial charge in [0.05, 0.1) is 17.8 Å². The summed E-state index contributed by atoms with van der Waals surface area (Å²) in [5, 5.41) is 3.23. The van der Waals surface area contributed by atoms with E-state index in [2.05, 4.69) is 45.1 Å². The van der Waals surface area contributed by atoms with Crippen molar-refractivity contribution in [3.05, 3.63) is 10.7 Å². The Labute approximate surface area is 104 Å². The molecule has 90 valence electrons. The highest BCUT2D eigenvalue weighted by Gasteiger charge is 2.05. The number of rotatable bonds is 6. The maximum absolute atomic E-state index is 5.37. The number of nitrogens with zero attached hydrogens (tertiary/aromatic N) is 2. The fourth-order valence-corrected chi connectivity index (χ4v) is 1.39. The number of ether oxygens (including phenoxy) is 2. The first-order valence-electron chi connectivity index (χ1n) is 5.06. The van der Waals surface area contributed by atoms with Gasteiger partial charge in [-0.25, -0.2) is 4.98 Å². The zero-order chi connectivity index (χ0) is 12.0. The lowest BCUT2D eigenvalue weighted by molar-refractivity contribution is 0.278. The quantitative estimate of drug-likeness (QED) is 0.807. The lowest BCUT2D eigenvalue weighted by Crippen LogP contribution is -2.27. The Hall–Kier alpha value is -0.880. The van der Waals surface area contributed by atoms with Crippen molar-refractivity contribution in [3.8, 4) is 11.9 Å². The molecule has 0 aliphatic heterocycles. The summed E-state index contributed by atoms with van der Waals surface area (Å²) in [6.07, 6.45) is 1.61. The van der Waals surface area contributed by atoms with Gasteiger partial charge in [-0.3, -0.25) is 0 Å². The normalized spacial score (nSPS) is 10.6. The molecule has 0 fully saturated rings. The summed E-state index contributed by atoms with van der Waals surface area (Å²) < 4.78 is 11.1. The maximum Gasteiger partial charge on any atom is 0.319 e. The number of nitrogens with one attached hydrogen (secondary N) is 1. The van der Waals surface area contributed by atoms with Gasteiger partial charge in [0.1, 0.15) is 6.61 Å². The van der Waals surface area contributed by atoms with Crippen molar-refractivity contribution in [1.29, 1.82) is 0 Å². The van der Waals surface area contributed by atoms with Crippen LogP contribution >= 0.6 is 15.9 Å². The average molecular weight is 290 g/mol. The van der Waals surface area contributed by atoms with E-state index in [9.17, 15) is 0 Å². The van der Waals surface area contributed by atoms with Crippen molar-refractivity contribution < 1.29 is 9.47 Å². The van der Waals surface area contributed by atoms with Crippen LogP contribution in [0.2, 0.25) is 0 Å². The molecule has 0 aliphatic carbocycles. The number of halogens is 1. The molecule has 1 N–H and O–H groups in total. The summed E-state index contributed by atoms with van der Waals surface area (Å²) in [4.78, 5) is 8.09. The monoisotopic (exact) mass is 289 g/mol. The van der Waals surface area contributed by atoms with Crippen LogP contribution in [-0.2, 0) is 0 Å². The van der Waals surface area contributed by atoms with E-state index in [1.807, 2.05) is 0 Å². The van der Waals surface area contributed by atoms with Gasteiger partial charge in [0, 0.05) is 12.6 Å². The Morgan fingerprint density at radius 1 is 1.50 bits per heavy atom. The average Bonchev–Trinajstić information content (AvgIpc) is 2.26. The maximum atomic E-state index is 5.37. The smallest absolute Gasteiger partial charge is 0.319 e. The highest BCUT2D eigenvalue weighted by atomic mass is 79.9. The third-order valence-electron chi connectivity index (χ3n) is 1.77. The molecule has 0 aromatic carbocycles. The predicted octanol–water partition coefficient (Wildman–Crippen LogP) is 1.62. The summed E-state index contributed by atoms with van der Waals surface area (Å²) in [5.74, 6) is 0.474. The Bertz CT molecular complexity index is 334. The molecule has 0 bridgehead atoms. The molecule has 1 rings (SSSR count). The van der Waals surface area contributed by atoms with Gasteiger partial charge in [-0.05, 0) is 15.9 Å². The zero-order valence-electron chi connectivity index (χ0n) is 9.66. The van der Waals surface area contributed by atoms with Crippen molar-refractivity contribution in [2.45, 2.75) is 19.9 Å². The molecule has 0 radical (unpaired) electrons. The van der Waals surface area contributed by atoms with Crippen LogP contribution in [0.4, 0.5) is 0 Å². The first-order valence-corrected chi connectivity index (χ1v) is 5.85. The Balaban J connectivity index is 2.42. The summed E-state index contributed by atoms with van der Waals surface area (Å²) in [5.41, 5.74) is 0. The van der Waals surface area contributed by atoms with Gasteiger partial charge in [-0.2, -0.15) is 4.98 Å². The summed E-state index contributed by atoms with van der Waals surface area (Å²) in [6.45, 7) is 5.46. The molecule has 0 atom stereocenters. The molecule has 0 spiro atoms. The van der Waals surface area contributed by atoms with E-state index < -0.39 is 0 Å². The molecular weight excluding hydrogens is 274 g/mol. The van der Waals surface area contributed by atoms with E-state index in [0.29, 0.717) is 29.0 Å². The van der Waals surface area contributed by atoms with E-state index in [4.69, 9.17) is 9.47 Å². The second-order valence-electron chi connectivity index (χ2n) is 3.47. The van der Waals surface area contributed by atoms with Gasteiger partial charge in [0.15, 0.2) is 0 Å². The van der Waals surface area contributed by atoms with Crippen LogP contribution in [0.1, 0.15) is 13.8 Å². The van der Waals surface area contributed by atoms with Crippen molar-refractivity contribution in [2.24, 2.45) is 0 Å². The molecular formula is C10H16BrN3O2. The largest absolute Gasteiger partial charge is 0.480 e. The van der Waals surface area contributed by atoms with E-state index in [-0.39, 0.29) is 0 Å². The summed E-state index contributed by atoms with van der Waals surface area (Å²) in [7, 11) is 1.55. The van der Waals surface area contributed by atoms with Crippen LogP contribution in [0.15, 0.2) is 10.7 Å². The minimum atomic E-state index is 0.325. The van der Waals surface area contributed by atoms with E-state index in [1.165, 1.54) is 0 Å². The van der Waals surface area contributed by atoms with Gasteiger partial charge in [-0.15, -0.1) is 0 Å². The van der Waals surface area contributed by atoms with E-state index in [1.54, 1.807) is 13.3 Å². The SMILES string of the molecule is COc1nc(OCCNC(C)C)ncc1Br. The Kier molecular flexibility index (Phi) is 5.48. The number of methoxy groups -OCH3 is 1. The molecule has 6 heteroatoms. The van der Waals surface area contributed by atoms with Gasteiger partial charge in [-0.1, -0.05) is 13.8 Å². The van der Waals surface area contributed by atoms with E-state index in [0.717, 1.165) is 6.54 Å². The van der Waals surface area contributed by atoms with Crippen LogP contribution < -0.4 is 14.8 Å². The third kappa shape index (κ3) is 4.32. The summed E-state index contributed by atoms with van der Waals surface area (Å²) >= 11 is 3.27. The van der Waals surface area contributed by atoms with Crippen molar-refractivity contribution in [1.82, 2.24) is 15.3 Å². The molecule has 1 heterocycles. The second-order valence-corrected chi connectivity index (χ2v) is 4.32. The minimum Gasteiger partial charge on any atom is -0.480 e. The fourth-order valence-electron chi connectivity index (χ4n) is 1.04. The lowest BCUT2D eigenvalue weighted by Gasteiger charge is -2.09. The molecule has 0 unspecified atom stereocenters. The molecule has 0 amide bonds. The van der Waals surface area contributed by atoms with Crippen molar-refractivity contribution >= 4 is 15.9 Å². The zero-order valence-corrected chi connectivity index (χ0v) is 11.2. The summed E-state index contributed by atoms with van der Waals surface area (Å²) in [6, 6.07) is 0.773. The van der Waals surface area contributed by atoms with Crippen LogP contribution in [-0.4, -0.2) is 36.3 Å². The minimum absolute atomic E-state index is 0.325.